The maximum atomic E-state index is 4.84. The van der Waals surface area contributed by atoms with Crippen molar-refractivity contribution in [1.82, 2.24) is 15.1 Å². The lowest BCUT2D eigenvalue weighted by atomic mass is 9.92. The minimum atomic E-state index is 0.504. The van der Waals surface area contributed by atoms with Crippen molar-refractivity contribution in [1.29, 1.82) is 0 Å². The van der Waals surface area contributed by atoms with Gasteiger partial charge in [-0.25, -0.2) is 4.99 Å². The van der Waals surface area contributed by atoms with Crippen molar-refractivity contribution in [3.63, 3.8) is 0 Å². The van der Waals surface area contributed by atoms with Crippen LogP contribution in [0, 0.1) is 0 Å². The number of guanidine groups is 1. The van der Waals surface area contributed by atoms with Gasteiger partial charge in [-0.1, -0.05) is 0 Å². The van der Waals surface area contributed by atoms with Crippen LogP contribution in [0.2, 0.25) is 0 Å². The van der Waals surface area contributed by atoms with E-state index < -0.39 is 0 Å². The summed E-state index contributed by atoms with van der Waals surface area (Å²) in [6.45, 7) is 0. The average Bonchev–Trinajstić information content (AvgIpc) is 2.25. The Morgan fingerprint density at radius 2 is 1.50 bits per heavy atom. The van der Waals surface area contributed by atoms with Gasteiger partial charge in [-0.05, 0) is 32.7 Å². The maximum absolute atomic E-state index is 4.84. The van der Waals surface area contributed by atoms with Gasteiger partial charge in [-0.2, -0.15) is 0 Å². The lowest BCUT2D eigenvalue weighted by molar-refractivity contribution is 0.352. The summed E-state index contributed by atoms with van der Waals surface area (Å²) in [6, 6.07) is 1.21. The number of hydrogen-bond acceptors (Lipinski definition) is 2. The Balaban J connectivity index is 2.55. The second-order valence-electron chi connectivity index (χ2n) is 5.01. The molecule has 0 aromatic rings. The van der Waals surface area contributed by atoms with Crippen LogP contribution in [-0.4, -0.2) is 63.1 Å². The van der Waals surface area contributed by atoms with Crippen LogP contribution in [0.25, 0.3) is 0 Å². The van der Waals surface area contributed by atoms with Crippen LogP contribution in [0.1, 0.15) is 25.7 Å². The van der Waals surface area contributed by atoms with E-state index in [1.165, 1.54) is 25.7 Å². The molecule has 4 nitrogen and oxygen atoms in total. The Labute approximate surface area is 99.7 Å². The molecule has 0 unspecified atom stereocenters. The fourth-order valence-electron chi connectivity index (χ4n) is 2.29. The Morgan fingerprint density at radius 3 is 1.88 bits per heavy atom. The van der Waals surface area contributed by atoms with Gasteiger partial charge in [-0.15, -0.1) is 0 Å². The summed E-state index contributed by atoms with van der Waals surface area (Å²) in [5, 5.41) is 3.35. The summed E-state index contributed by atoms with van der Waals surface area (Å²) in [6.07, 6.45) is 4.91. The van der Waals surface area contributed by atoms with Crippen LogP contribution in [0.4, 0.5) is 0 Å². The number of hydrogen-bond donors (Lipinski definition) is 1. The zero-order valence-electron chi connectivity index (χ0n) is 11.3. The van der Waals surface area contributed by atoms with E-state index in [0.717, 1.165) is 5.96 Å². The predicted octanol–water partition coefficient (Wildman–Crippen LogP) is 0.996. The molecule has 0 heterocycles. The van der Waals surface area contributed by atoms with Gasteiger partial charge in [0.2, 0.25) is 0 Å². The number of rotatable bonds is 2. The second-order valence-corrected chi connectivity index (χ2v) is 5.01. The molecule has 1 fully saturated rings. The first kappa shape index (κ1) is 13.3. The number of nitrogens with one attached hydrogen (secondary N) is 1. The van der Waals surface area contributed by atoms with Crippen molar-refractivity contribution >= 4 is 5.96 Å². The van der Waals surface area contributed by atoms with E-state index in [4.69, 9.17) is 4.99 Å². The fraction of sp³-hybridized carbons (Fsp3) is 0.917. The van der Waals surface area contributed by atoms with Crippen LogP contribution >= 0.6 is 0 Å². The van der Waals surface area contributed by atoms with E-state index in [1.807, 2.05) is 0 Å². The third kappa shape index (κ3) is 3.67. The highest BCUT2D eigenvalue weighted by Crippen LogP contribution is 2.21. The molecule has 1 rings (SSSR count). The van der Waals surface area contributed by atoms with Crippen molar-refractivity contribution in [2.24, 2.45) is 4.99 Å². The largest absolute Gasteiger partial charge is 0.349 e. The van der Waals surface area contributed by atoms with Gasteiger partial charge < -0.3 is 15.1 Å². The first-order chi connectivity index (χ1) is 7.54. The molecule has 0 amide bonds. The molecule has 0 aromatic carbocycles. The molecule has 0 aliphatic heterocycles. The van der Waals surface area contributed by atoms with Crippen LogP contribution in [0.3, 0.4) is 0 Å². The first-order valence-corrected chi connectivity index (χ1v) is 6.14. The molecule has 0 aromatic heterocycles. The van der Waals surface area contributed by atoms with Gasteiger partial charge in [-0.3, -0.25) is 0 Å². The summed E-state index contributed by atoms with van der Waals surface area (Å²) in [7, 11) is 10.3. The topological polar surface area (TPSA) is 30.9 Å². The monoisotopic (exact) mass is 226 g/mol. The molecule has 0 bridgehead atoms. The molecular weight excluding hydrogens is 200 g/mol. The van der Waals surface area contributed by atoms with E-state index in [2.05, 4.69) is 50.4 Å². The number of aliphatic imine (C=N–C) groups is 1. The van der Waals surface area contributed by atoms with E-state index >= 15 is 0 Å². The van der Waals surface area contributed by atoms with Gasteiger partial charge in [0.25, 0.3) is 0 Å². The molecule has 0 saturated heterocycles. The zero-order valence-corrected chi connectivity index (χ0v) is 11.3. The molecule has 4 heteroatoms. The van der Waals surface area contributed by atoms with Gasteiger partial charge in [0, 0.05) is 34.2 Å². The SMILES string of the molecule is CNC1CCC(N=C(N(C)C)N(C)C)CC1. The Morgan fingerprint density at radius 1 is 1.00 bits per heavy atom. The molecule has 1 N–H and O–H groups in total. The molecule has 1 saturated carbocycles. The zero-order chi connectivity index (χ0) is 12.1. The lowest BCUT2D eigenvalue weighted by Crippen LogP contribution is -2.38. The van der Waals surface area contributed by atoms with Gasteiger partial charge in [0.15, 0.2) is 5.96 Å². The molecule has 16 heavy (non-hydrogen) atoms. The molecule has 1 aliphatic rings. The summed E-state index contributed by atoms with van der Waals surface area (Å²) >= 11 is 0. The normalized spacial score (nSPS) is 25.1. The standard InChI is InChI=1S/C12H26N4/c1-13-10-6-8-11(9-7-10)14-12(15(2)3)16(4)5/h10-11,13H,6-9H2,1-5H3. The van der Waals surface area contributed by atoms with Crippen molar-refractivity contribution in [3.05, 3.63) is 0 Å². The summed E-state index contributed by atoms with van der Waals surface area (Å²) in [4.78, 5) is 9.02. The van der Waals surface area contributed by atoms with Crippen LogP contribution in [0.15, 0.2) is 4.99 Å². The maximum Gasteiger partial charge on any atom is 0.195 e. The molecular formula is C12H26N4. The van der Waals surface area contributed by atoms with Crippen molar-refractivity contribution in [2.45, 2.75) is 37.8 Å². The highest BCUT2D eigenvalue weighted by atomic mass is 15.3. The van der Waals surface area contributed by atoms with Gasteiger partial charge >= 0.3 is 0 Å². The first-order valence-electron chi connectivity index (χ1n) is 6.14. The van der Waals surface area contributed by atoms with E-state index in [1.54, 1.807) is 0 Å². The molecule has 1 aliphatic carbocycles. The molecule has 0 radical (unpaired) electrons. The quantitative estimate of drug-likeness (QED) is 0.563. The third-order valence-electron chi connectivity index (χ3n) is 3.20. The number of nitrogens with zero attached hydrogens (tertiary/aromatic N) is 3. The van der Waals surface area contributed by atoms with E-state index in [9.17, 15) is 0 Å². The second kappa shape index (κ2) is 6.09. The minimum Gasteiger partial charge on any atom is -0.349 e. The van der Waals surface area contributed by atoms with Crippen LogP contribution < -0.4 is 5.32 Å². The Hall–Kier alpha value is -0.770. The van der Waals surface area contributed by atoms with Crippen LogP contribution in [-0.2, 0) is 0 Å². The Kier molecular flexibility index (Phi) is 5.06. The van der Waals surface area contributed by atoms with Gasteiger partial charge in [0.05, 0.1) is 6.04 Å². The van der Waals surface area contributed by atoms with Crippen LogP contribution in [0.5, 0.6) is 0 Å². The summed E-state index contributed by atoms with van der Waals surface area (Å²) in [5.74, 6) is 1.08. The molecule has 0 atom stereocenters. The van der Waals surface area contributed by atoms with E-state index in [-0.39, 0.29) is 0 Å². The average molecular weight is 226 g/mol. The molecule has 0 spiro atoms. The van der Waals surface area contributed by atoms with Crippen molar-refractivity contribution < 1.29 is 0 Å². The summed E-state index contributed by atoms with van der Waals surface area (Å²) < 4.78 is 0. The minimum absolute atomic E-state index is 0.504. The van der Waals surface area contributed by atoms with Gasteiger partial charge in [0.1, 0.15) is 0 Å². The molecule has 94 valence electrons. The summed E-state index contributed by atoms with van der Waals surface area (Å²) in [5.41, 5.74) is 0. The van der Waals surface area contributed by atoms with Crippen molar-refractivity contribution in [3.8, 4) is 0 Å². The van der Waals surface area contributed by atoms with Crippen molar-refractivity contribution in [2.75, 3.05) is 35.2 Å². The third-order valence-corrected chi connectivity index (χ3v) is 3.20. The van der Waals surface area contributed by atoms with E-state index in [0.29, 0.717) is 12.1 Å². The smallest absolute Gasteiger partial charge is 0.195 e. The highest BCUT2D eigenvalue weighted by Gasteiger charge is 2.20. The predicted molar refractivity (Wildman–Crippen MR) is 69.9 cm³/mol. The Bertz CT molecular complexity index is 217. The lowest BCUT2D eigenvalue weighted by Gasteiger charge is -2.29. The fourth-order valence-corrected chi connectivity index (χ4v) is 2.29. The highest BCUT2D eigenvalue weighted by molar-refractivity contribution is 5.79.